The first kappa shape index (κ1) is 108. The highest BCUT2D eigenvalue weighted by Gasteiger charge is 2.29. The Hall–Kier alpha value is -5.09. The van der Waals surface area contributed by atoms with E-state index >= 15 is 0 Å². The third kappa shape index (κ3) is 87.6. The Morgan fingerprint density at radius 1 is 0.257 bits per heavy atom. The molecule has 16 nitrogen and oxygen atoms in total. The van der Waals surface area contributed by atoms with Crippen molar-refractivity contribution in [1.29, 1.82) is 0 Å². The molecule has 0 bridgehead atoms. The fourth-order valence-corrected chi connectivity index (χ4v) is 13.3. The van der Waals surface area contributed by atoms with E-state index in [1.54, 1.807) is 0 Å². The first-order valence-corrected chi connectivity index (χ1v) is 47.4. The number of hydrogen-bond acceptors (Lipinski definition) is 14. The number of carbonyl (C=O) groups is 3. The van der Waals surface area contributed by atoms with Crippen molar-refractivity contribution in [3.05, 3.63) is 170 Å². The summed E-state index contributed by atoms with van der Waals surface area (Å²) < 4.78 is 61.3. The summed E-state index contributed by atoms with van der Waals surface area (Å²) in [4.78, 5) is 58.8. The molecule has 0 rings (SSSR count). The fraction of sp³-hybridized carbons (Fsp3) is 0.674. The molecule has 113 heavy (non-hydrogen) atoms. The second-order valence-electron chi connectivity index (χ2n) is 29.3. The lowest BCUT2D eigenvalue weighted by molar-refractivity contribution is -0.161. The smallest absolute Gasteiger partial charge is 0.463 e. The molecule has 0 aromatic heterocycles. The maximum Gasteiger partial charge on any atom is 0.472 e. The number of hydrogen-bond donors (Lipinski definition) is 4. The van der Waals surface area contributed by atoms with Crippen LogP contribution in [0.15, 0.2) is 170 Å². The highest BCUT2D eigenvalue weighted by molar-refractivity contribution is 7.47. The molecule has 5 atom stereocenters. The van der Waals surface area contributed by atoms with Gasteiger partial charge in [0.25, 0.3) is 0 Å². The van der Waals surface area contributed by atoms with Crippen LogP contribution in [0.4, 0.5) is 0 Å². The van der Waals surface area contributed by atoms with Crippen LogP contribution >= 0.6 is 15.6 Å². The number of esters is 3. The van der Waals surface area contributed by atoms with Crippen LogP contribution in [0.5, 0.6) is 0 Å². The summed E-state index contributed by atoms with van der Waals surface area (Å²) in [6, 6.07) is 0. The second-order valence-corrected chi connectivity index (χ2v) is 32.2. The molecule has 18 heteroatoms. The van der Waals surface area contributed by atoms with Gasteiger partial charge >= 0.3 is 33.6 Å². The minimum Gasteiger partial charge on any atom is -0.463 e. The van der Waals surface area contributed by atoms with Gasteiger partial charge in [-0.05, 0) is 148 Å². The van der Waals surface area contributed by atoms with Crippen molar-refractivity contribution in [2.75, 3.05) is 39.6 Å². The van der Waals surface area contributed by atoms with Crippen LogP contribution in [0.2, 0.25) is 0 Å². The molecule has 4 N–H and O–H groups in total. The van der Waals surface area contributed by atoms with Crippen LogP contribution in [0.25, 0.3) is 0 Å². The van der Waals surface area contributed by atoms with Crippen molar-refractivity contribution >= 4 is 33.6 Å². The average molecular weight is 1620 g/mol. The summed E-state index contributed by atoms with van der Waals surface area (Å²) in [7, 11) is -9.84. The van der Waals surface area contributed by atoms with E-state index in [-0.39, 0.29) is 19.3 Å². The Kier molecular flexibility index (Phi) is 82.4. The Morgan fingerprint density at radius 3 is 0.779 bits per heavy atom. The summed E-state index contributed by atoms with van der Waals surface area (Å²) in [6.45, 7) is 2.44. The van der Waals surface area contributed by atoms with Crippen LogP contribution in [0.1, 0.15) is 355 Å². The summed E-state index contributed by atoms with van der Waals surface area (Å²) >= 11 is 0. The maximum absolute atomic E-state index is 13.0. The van der Waals surface area contributed by atoms with Crippen LogP contribution in [0, 0.1) is 0 Å². The Labute approximate surface area is 688 Å². The number of unbranched alkanes of at least 4 members (excludes halogenated alkanes) is 32. The largest absolute Gasteiger partial charge is 0.472 e. The third-order valence-corrected chi connectivity index (χ3v) is 20.3. The number of phosphoric ester groups is 2. The zero-order valence-corrected chi connectivity index (χ0v) is 72.8. The predicted octanol–water partition coefficient (Wildman–Crippen LogP) is 27.1. The first-order valence-electron chi connectivity index (χ1n) is 44.4. The van der Waals surface area contributed by atoms with E-state index < -0.39 is 91.5 Å². The van der Waals surface area contributed by atoms with Crippen molar-refractivity contribution in [3.8, 4) is 0 Å². The highest BCUT2D eigenvalue weighted by atomic mass is 31.2. The van der Waals surface area contributed by atoms with Gasteiger partial charge in [0.1, 0.15) is 25.4 Å². The second kappa shape index (κ2) is 86.3. The fourth-order valence-electron chi connectivity index (χ4n) is 11.7. The average Bonchev–Trinajstić information content (AvgIpc) is 0.902. The molecule has 646 valence electrons. The minimum atomic E-state index is -4.96. The molecule has 0 radical (unpaired) electrons. The molecule has 0 saturated heterocycles. The molecule has 0 aliphatic carbocycles. The Morgan fingerprint density at radius 2 is 0.487 bits per heavy atom. The lowest BCUT2D eigenvalue weighted by Gasteiger charge is -2.21. The Bertz CT molecular complexity index is 2730. The van der Waals surface area contributed by atoms with Gasteiger partial charge in [-0.3, -0.25) is 32.5 Å². The summed E-state index contributed by atoms with van der Waals surface area (Å²) in [5, 5.41) is 20.7. The maximum atomic E-state index is 13.0. The van der Waals surface area contributed by atoms with Gasteiger partial charge in [-0.15, -0.1) is 0 Å². The van der Waals surface area contributed by atoms with E-state index in [1.807, 2.05) is 18.2 Å². The van der Waals surface area contributed by atoms with Gasteiger partial charge in [-0.2, -0.15) is 0 Å². The topological polar surface area (TPSA) is 231 Å². The molecule has 0 aromatic carbocycles. The molecule has 0 aliphatic rings. The molecule has 0 amide bonds. The van der Waals surface area contributed by atoms with Gasteiger partial charge in [0.15, 0.2) is 6.10 Å². The number of aliphatic hydroxyl groups excluding tert-OH is 2. The molecule has 5 unspecified atom stereocenters. The molecular weight excluding hydrogens is 1460 g/mol. The van der Waals surface area contributed by atoms with Crippen LogP contribution < -0.4 is 0 Å². The molecule has 0 fully saturated rings. The van der Waals surface area contributed by atoms with Gasteiger partial charge in [0.05, 0.1) is 26.4 Å². The third-order valence-electron chi connectivity index (χ3n) is 18.4. The SMILES string of the molecule is CC/C=C\C/C=C\C/C=C\C/C=C\C/C=C\C/C=C\CCC(=O)OC(COC(=O)CCCCCCCCCCCCC/C=C\C/C=C\C/C=C\C/C=C\CCCCC)COP(=O)(O)OCC(O)COP(=O)(O)OCC(O)COC(=O)CCCCCCCCCCCCCCCCC/C=C\C/C=C\C/C=C\C/C=C\CCCCC. The zero-order chi connectivity index (χ0) is 82.2. The number of allylic oxidation sites excluding steroid dienone is 28. The van der Waals surface area contributed by atoms with Gasteiger partial charge in [-0.25, -0.2) is 9.13 Å². The van der Waals surface area contributed by atoms with E-state index in [0.29, 0.717) is 25.7 Å². The summed E-state index contributed by atoms with van der Waals surface area (Å²) in [5.41, 5.74) is 0. The quantitative estimate of drug-likeness (QED) is 0.0146. The van der Waals surface area contributed by atoms with Gasteiger partial charge in [-0.1, -0.05) is 358 Å². The van der Waals surface area contributed by atoms with Crippen LogP contribution in [0.3, 0.4) is 0 Å². The normalized spacial score (nSPS) is 14.6. The van der Waals surface area contributed by atoms with E-state index in [1.165, 1.54) is 167 Å². The molecule has 0 heterocycles. The summed E-state index contributed by atoms with van der Waals surface area (Å²) in [6.07, 6.45) is 111. The van der Waals surface area contributed by atoms with Gasteiger partial charge in [0.2, 0.25) is 0 Å². The van der Waals surface area contributed by atoms with Crippen LogP contribution in [-0.2, 0) is 55.8 Å². The van der Waals surface area contributed by atoms with Crippen LogP contribution in [-0.4, -0.2) is 95.9 Å². The molecule has 0 spiro atoms. The lowest BCUT2D eigenvalue weighted by atomic mass is 10.0. The number of aliphatic hydroxyl groups is 2. The van der Waals surface area contributed by atoms with Crippen molar-refractivity contribution in [3.63, 3.8) is 0 Å². The van der Waals surface area contributed by atoms with Crippen molar-refractivity contribution in [1.82, 2.24) is 0 Å². The van der Waals surface area contributed by atoms with Crippen molar-refractivity contribution < 1.29 is 75.8 Å². The van der Waals surface area contributed by atoms with E-state index in [4.69, 9.17) is 32.3 Å². The summed E-state index contributed by atoms with van der Waals surface area (Å²) in [5.74, 6) is -1.68. The van der Waals surface area contributed by atoms with Crippen molar-refractivity contribution in [2.45, 2.75) is 373 Å². The van der Waals surface area contributed by atoms with E-state index in [9.17, 15) is 43.5 Å². The molecule has 0 aromatic rings. The van der Waals surface area contributed by atoms with Gasteiger partial charge in [0, 0.05) is 19.3 Å². The van der Waals surface area contributed by atoms with E-state index in [2.05, 4.69) is 173 Å². The number of phosphoric acid groups is 2. The zero-order valence-electron chi connectivity index (χ0n) is 71.0. The number of rotatable bonds is 83. The highest BCUT2D eigenvalue weighted by Crippen LogP contribution is 2.45. The predicted molar refractivity (Wildman–Crippen MR) is 472 cm³/mol. The first-order chi connectivity index (χ1) is 55.2. The molecule has 0 saturated carbocycles. The lowest BCUT2D eigenvalue weighted by Crippen LogP contribution is -2.29. The number of carbonyl (C=O) groups excluding carboxylic acids is 3. The minimum absolute atomic E-state index is 0.0261. The Balaban J connectivity index is 4.61. The number of ether oxygens (including phenoxy) is 3. The monoisotopic (exact) mass is 1620 g/mol. The van der Waals surface area contributed by atoms with Crippen molar-refractivity contribution in [2.24, 2.45) is 0 Å². The molecular formula is C95H160O16P2. The molecule has 0 aliphatic heterocycles. The van der Waals surface area contributed by atoms with E-state index in [0.717, 1.165) is 122 Å². The van der Waals surface area contributed by atoms with Gasteiger partial charge < -0.3 is 34.2 Å². The standard InChI is InChI=1S/C95H160O16P2/c1-4-7-10-13-16-19-22-25-28-31-34-36-38-40-42-43-44-45-47-49-50-52-55-57-60-63-66-69-72-75-78-81-93(98)105-84-90(96)85-107-112(101,102)108-86-91(97)87-109-113(103,104)110-89-92(111-95(100)83-80-77-74-71-68-65-62-59-54-33-30-27-24-21-18-15-12-9-6-3)88-106-94(99)82-79-76-73-70-67-64-61-58-56-53-51-48-46-41-39-37-35-32-29-26-23-20-17-14-11-8-5-2/h9,12,16-21,25-30,34-37,40-42,46,54,59,65,68,74,77,90-92,96-97H,4-8,10-11,13-15,22-24,31-33,38-39,43-45,47-53,55-58,60-64,66-67,69-73,75-76,78-89H2,1-3H3,(H,101,102)(H,103,104)/b12-9-,19-16-,20-17-,21-18-,28-25-,29-26-,30-27-,36-34-,37-35-,42-40-,46-41-,59-54-,68-65-,77-74-.